The SMILES string of the molecule is O=S1(=O)C=CC(Nc2nc(Cl)nnc2Cl)C1. The third-order valence-electron chi connectivity index (χ3n) is 1.87. The molecule has 0 amide bonds. The summed E-state index contributed by atoms with van der Waals surface area (Å²) in [7, 11) is -3.12. The summed E-state index contributed by atoms with van der Waals surface area (Å²) in [5, 5.41) is 10.9. The van der Waals surface area contributed by atoms with Gasteiger partial charge in [-0.05, 0) is 17.7 Å². The van der Waals surface area contributed by atoms with E-state index in [0.717, 1.165) is 5.41 Å². The summed E-state index contributed by atoms with van der Waals surface area (Å²) in [6.07, 6.45) is 1.52. The quantitative estimate of drug-likeness (QED) is 0.867. The molecule has 0 fully saturated rings. The molecule has 6 nitrogen and oxygen atoms in total. The number of halogens is 2. The van der Waals surface area contributed by atoms with E-state index < -0.39 is 9.84 Å². The van der Waals surface area contributed by atoms with Gasteiger partial charge in [-0.25, -0.2) is 8.42 Å². The van der Waals surface area contributed by atoms with Crippen LogP contribution < -0.4 is 5.32 Å². The standard InChI is InChI=1S/C7H6Cl2N4O2S/c8-5-6(11-7(9)13-12-5)10-4-1-2-16(14,15)3-4/h1-2,4H,3H2,(H,10,11,13). The van der Waals surface area contributed by atoms with Gasteiger partial charge in [0.05, 0.1) is 11.8 Å². The molecule has 1 N–H and O–H groups in total. The van der Waals surface area contributed by atoms with Crippen molar-refractivity contribution in [1.82, 2.24) is 15.2 Å². The molecule has 0 radical (unpaired) electrons. The van der Waals surface area contributed by atoms with Crippen molar-refractivity contribution in [3.63, 3.8) is 0 Å². The summed E-state index contributed by atoms with van der Waals surface area (Å²) in [6, 6.07) is -0.379. The van der Waals surface area contributed by atoms with Gasteiger partial charge in [0.15, 0.2) is 20.8 Å². The number of rotatable bonds is 2. The highest BCUT2D eigenvalue weighted by Gasteiger charge is 2.22. The molecule has 0 aliphatic carbocycles. The van der Waals surface area contributed by atoms with Crippen molar-refractivity contribution >= 4 is 38.9 Å². The van der Waals surface area contributed by atoms with Crippen molar-refractivity contribution in [3.05, 3.63) is 21.9 Å². The molecule has 0 saturated carbocycles. The highest BCUT2D eigenvalue weighted by atomic mass is 35.5. The Morgan fingerprint density at radius 1 is 1.38 bits per heavy atom. The van der Waals surface area contributed by atoms with Gasteiger partial charge in [0.1, 0.15) is 0 Å². The Bertz CT molecular complexity index is 545. The van der Waals surface area contributed by atoms with Crippen LogP contribution in [0.2, 0.25) is 10.4 Å². The van der Waals surface area contributed by atoms with Crippen LogP contribution in [0.25, 0.3) is 0 Å². The fourth-order valence-corrected chi connectivity index (χ4v) is 2.72. The van der Waals surface area contributed by atoms with Crippen LogP contribution in [0, 0.1) is 0 Å². The predicted molar refractivity (Wildman–Crippen MR) is 60.2 cm³/mol. The number of hydrogen-bond acceptors (Lipinski definition) is 6. The number of aromatic nitrogens is 3. The number of anilines is 1. The van der Waals surface area contributed by atoms with E-state index in [4.69, 9.17) is 23.2 Å². The molecule has 86 valence electrons. The lowest BCUT2D eigenvalue weighted by atomic mass is 10.3. The summed E-state index contributed by atoms with van der Waals surface area (Å²) in [4.78, 5) is 3.80. The zero-order valence-corrected chi connectivity index (χ0v) is 10.1. The first-order chi connectivity index (χ1) is 7.46. The Morgan fingerprint density at radius 2 is 2.12 bits per heavy atom. The second-order valence-electron chi connectivity index (χ2n) is 3.13. The average Bonchev–Trinajstić information content (AvgIpc) is 2.52. The normalized spacial score (nSPS) is 22.2. The molecule has 0 saturated heterocycles. The van der Waals surface area contributed by atoms with Crippen LogP contribution in [0.3, 0.4) is 0 Å². The van der Waals surface area contributed by atoms with Gasteiger partial charge in [-0.1, -0.05) is 11.6 Å². The molecule has 0 aromatic carbocycles. The van der Waals surface area contributed by atoms with E-state index in [9.17, 15) is 8.42 Å². The van der Waals surface area contributed by atoms with E-state index in [0.29, 0.717) is 0 Å². The van der Waals surface area contributed by atoms with Crippen molar-refractivity contribution in [2.45, 2.75) is 6.04 Å². The van der Waals surface area contributed by atoms with Crippen molar-refractivity contribution in [1.29, 1.82) is 0 Å². The number of hydrogen-bond donors (Lipinski definition) is 1. The zero-order valence-electron chi connectivity index (χ0n) is 7.76. The van der Waals surface area contributed by atoms with Crippen molar-refractivity contribution in [2.75, 3.05) is 11.1 Å². The molecule has 16 heavy (non-hydrogen) atoms. The molecule has 1 aliphatic heterocycles. The fourth-order valence-electron chi connectivity index (χ4n) is 1.23. The molecule has 2 rings (SSSR count). The minimum atomic E-state index is -3.12. The minimum Gasteiger partial charge on any atom is -0.360 e. The highest BCUT2D eigenvalue weighted by molar-refractivity contribution is 7.94. The van der Waals surface area contributed by atoms with Gasteiger partial charge in [-0.2, -0.15) is 4.98 Å². The summed E-state index contributed by atoms with van der Waals surface area (Å²) in [6.45, 7) is 0. The monoisotopic (exact) mass is 280 g/mol. The molecule has 0 spiro atoms. The van der Waals surface area contributed by atoms with Crippen LogP contribution in [-0.4, -0.2) is 35.4 Å². The average molecular weight is 281 g/mol. The summed E-state index contributed by atoms with van der Waals surface area (Å²) < 4.78 is 22.3. The molecule has 1 aliphatic rings. The number of sulfone groups is 1. The first-order valence-corrected chi connectivity index (χ1v) is 6.67. The van der Waals surface area contributed by atoms with E-state index in [1.807, 2.05) is 0 Å². The molecular weight excluding hydrogens is 275 g/mol. The van der Waals surface area contributed by atoms with Crippen LogP contribution in [0.4, 0.5) is 5.82 Å². The van der Waals surface area contributed by atoms with Crippen molar-refractivity contribution < 1.29 is 8.42 Å². The Kier molecular flexibility index (Phi) is 3.00. The third-order valence-corrected chi connectivity index (χ3v) is 3.68. The van der Waals surface area contributed by atoms with E-state index >= 15 is 0 Å². The van der Waals surface area contributed by atoms with Gasteiger partial charge in [0.25, 0.3) is 0 Å². The lowest BCUT2D eigenvalue weighted by Crippen LogP contribution is -2.22. The maximum absolute atomic E-state index is 11.1. The van der Waals surface area contributed by atoms with Crippen LogP contribution in [0.1, 0.15) is 0 Å². The molecule has 1 atom stereocenters. The second-order valence-corrected chi connectivity index (χ2v) is 5.76. The molecule has 1 aromatic rings. The molecule has 1 unspecified atom stereocenters. The number of nitrogens with one attached hydrogen (secondary N) is 1. The lowest BCUT2D eigenvalue weighted by Gasteiger charge is -2.10. The highest BCUT2D eigenvalue weighted by Crippen LogP contribution is 2.20. The van der Waals surface area contributed by atoms with Crippen LogP contribution in [-0.2, 0) is 9.84 Å². The first-order valence-electron chi connectivity index (χ1n) is 4.19. The Labute approximate surface area is 102 Å². The summed E-state index contributed by atoms with van der Waals surface area (Å²) >= 11 is 11.3. The molecule has 0 bridgehead atoms. The minimum absolute atomic E-state index is 0.0368. The van der Waals surface area contributed by atoms with Gasteiger partial charge in [-0.15, -0.1) is 10.2 Å². The Hall–Kier alpha value is -0.920. The molecular formula is C7H6Cl2N4O2S. The summed E-state index contributed by atoms with van der Waals surface area (Å²) in [5.74, 6) is 0.179. The molecule has 9 heteroatoms. The van der Waals surface area contributed by atoms with Crippen molar-refractivity contribution in [2.24, 2.45) is 0 Å². The fraction of sp³-hybridized carbons (Fsp3) is 0.286. The topological polar surface area (TPSA) is 84.8 Å². The largest absolute Gasteiger partial charge is 0.360 e. The van der Waals surface area contributed by atoms with Crippen LogP contribution in [0.5, 0.6) is 0 Å². The van der Waals surface area contributed by atoms with Crippen LogP contribution in [0.15, 0.2) is 11.5 Å². The maximum Gasteiger partial charge on any atom is 0.245 e. The van der Waals surface area contributed by atoms with E-state index in [1.165, 1.54) is 6.08 Å². The Balaban J connectivity index is 2.17. The Morgan fingerprint density at radius 3 is 2.75 bits per heavy atom. The van der Waals surface area contributed by atoms with Gasteiger partial charge < -0.3 is 5.32 Å². The third kappa shape index (κ3) is 2.60. The van der Waals surface area contributed by atoms with Crippen LogP contribution >= 0.6 is 23.2 Å². The summed E-state index contributed by atoms with van der Waals surface area (Å²) in [5.41, 5.74) is 0. The smallest absolute Gasteiger partial charge is 0.245 e. The maximum atomic E-state index is 11.1. The lowest BCUT2D eigenvalue weighted by molar-refractivity contribution is 0.605. The van der Waals surface area contributed by atoms with Crippen molar-refractivity contribution in [3.8, 4) is 0 Å². The van der Waals surface area contributed by atoms with Gasteiger partial charge in [0, 0.05) is 5.41 Å². The van der Waals surface area contributed by atoms with E-state index in [1.54, 1.807) is 0 Å². The zero-order chi connectivity index (χ0) is 11.8. The van der Waals surface area contributed by atoms with E-state index in [2.05, 4.69) is 20.5 Å². The molecule has 2 heterocycles. The second kappa shape index (κ2) is 4.15. The predicted octanol–water partition coefficient (Wildman–Crippen LogP) is 0.901. The van der Waals surface area contributed by atoms with Gasteiger partial charge in [-0.3, -0.25) is 0 Å². The van der Waals surface area contributed by atoms with E-state index in [-0.39, 0.29) is 28.0 Å². The first kappa shape index (κ1) is 11.6. The van der Waals surface area contributed by atoms with Gasteiger partial charge in [0.2, 0.25) is 5.28 Å². The van der Waals surface area contributed by atoms with Gasteiger partial charge >= 0.3 is 0 Å². The molecule has 1 aromatic heterocycles. The number of nitrogens with zero attached hydrogens (tertiary/aromatic N) is 3.